The van der Waals surface area contributed by atoms with Crippen LogP contribution in [-0.2, 0) is 6.54 Å². The SMILES string of the molecule is Cc1csc(Nc2nccnc2[C@@H]2CCCN(Cc3ccn[nH]3)C2)n1. The van der Waals surface area contributed by atoms with Gasteiger partial charge >= 0.3 is 0 Å². The number of piperidine rings is 1. The Morgan fingerprint density at radius 2 is 2.24 bits per heavy atom. The van der Waals surface area contributed by atoms with Gasteiger partial charge in [0.1, 0.15) is 0 Å². The molecule has 4 rings (SSSR count). The molecule has 1 atom stereocenters. The van der Waals surface area contributed by atoms with Gasteiger partial charge in [0.2, 0.25) is 0 Å². The second-order valence-corrected chi connectivity index (χ2v) is 7.22. The zero-order valence-electron chi connectivity index (χ0n) is 14.1. The predicted molar refractivity (Wildman–Crippen MR) is 98.0 cm³/mol. The van der Waals surface area contributed by atoms with E-state index in [-0.39, 0.29) is 0 Å². The monoisotopic (exact) mass is 355 g/mol. The van der Waals surface area contributed by atoms with E-state index in [0.717, 1.165) is 60.5 Å². The van der Waals surface area contributed by atoms with Gasteiger partial charge < -0.3 is 5.32 Å². The summed E-state index contributed by atoms with van der Waals surface area (Å²) in [7, 11) is 0. The summed E-state index contributed by atoms with van der Waals surface area (Å²) in [6.07, 6.45) is 7.60. The molecule has 1 saturated heterocycles. The van der Waals surface area contributed by atoms with E-state index in [4.69, 9.17) is 0 Å². The molecule has 4 heterocycles. The van der Waals surface area contributed by atoms with E-state index in [1.54, 1.807) is 29.9 Å². The van der Waals surface area contributed by atoms with Crippen molar-refractivity contribution in [2.45, 2.75) is 32.2 Å². The molecular formula is C17H21N7S. The van der Waals surface area contributed by atoms with Crippen LogP contribution in [-0.4, -0.2) is 43.1 Å². The van der Waals surface area contributed by atoms with Crippen LogP contribution >= 0.6 is 11.3 Å². The molecule has 0 spiro atoms. The lowest BCUT2D eigenvalue weighted by Crippen LogP contribution is -2.34. The van der Waals surface area contributed by atoms with Crippen LogP contribution in [0.1, 0.15) is 35.8 Å². The smallest absolute Gasteiger partial charge is 0.188 e. The Kier molecular flexibility index (Phi) is 4.71. The molecule has 0 radical (unpaired) electrons. The van der Waals surface area contributed by atoms with Crippen molar-refractivity contribution < 1.29 is 0 Å². The lowest BCUT2D eigenvalue weighted by molar-refractivity contribution is 0.196. The third-order valence-electron chi connectivity index (χ3n) is 4.42. The Hall–Kier alpha value is -2.32. The van der Waals surface area contributed by atoms with Crippen LogP contribution in [0.15, 0.2) is 30.0 Å². The number of H-pyrrole nitrogens is 1. The molecule has 8 heteroatoms. The molecule has 0 unspecified atom stereocenters. The molecule has 1 aliphatic heterocycles. The Balaban J connectivity index is 1.50. The number of thiazole rings is 1. The van der Waals surface area contributed by atoms with Crippen LogP contribution < -0.4 is 5.32 Å². The number of nitrogens with one attached hydrogen (secondary N) is 2. The van der Waals surface area contributed by atoms with Crippen molar-refractivity contribution in [1.82, 2.24) is 30.0 Å². The largest absolute Gasteiger partial charge is 0.315 e. The van der Waals surface area contributed by atoms with Crippen LogP contribution in [0.3, 0.4) is 0 Å². The Labute approximate surface area is 150 Å². The van der Waals surface area contributed by atoms with Gasteiger partial charge in [-0.15, -0.1) is 11.3 Å². The number of likely N-dealkylation sites (tertiary alicyclic amines) is 1. The molecule has 25 heavy (non-hydrogen) atoms. The lowest BCUT2D eigenvalue weighted by Gasteiger charge is -2.32. The Bertz CT molecular complexity index is 814. The summed E-state index contributed by atoms with van der Waals surface area (Å²) in [6, 6.07) is 2.03. The van der Waals surface area contributed by atoms with Crippen LogP contribution in [0.5, 0.6) is 0 Å². The quantitative estimate of drug-likeness (QED) is 0.732. The first kappa shape index (κ1) is 16.2. The topological polar surface area (TPSA) is 82.6 Å². The maximum absolute atomic E-state index is 4.64. The molecule has 2 N–H and O–H groups in total. The minimum Gasteiger partial charge on any atom is -0.315 e. The average molecular weight is 355 g/mol. The molecule has 1 aliphatic rings. The van der Waals surface area contributed by atoms with Crippen molar-refractivity contribution >= 4 is 22.3 Å². The van der Waals surface area contributed by atoms with Crippen LogP contribution in [0, 0.1) is 6.92 Å². The molecule has 3 aromatic rings. The number of aromatic amines is 1. The fourth-order valence-electron chi connectivity index (χ4n) is 3.29. The number of hydrogen-bond acceptors (Lipinski definition) is 7. The predicted octanol–water partition coefficient (Wildman–Crippen LogP) is 3.09. The molecule has 1 fully saturated rings. The van der Waals surface area contributed by atoms with Gasteiger partial charge in [-0.05, 0) is 32.4 Å². The van der Waals surface area contributed by atoms with E-state index in [1.165, 1.54) is 0 Å². The zero-order valence-corrected chi connectivity index (χ0v) is 15.0. The van der Waals surface area contributed by atoms with Gasteiger partial charge in [0, 0.05) is 48.7 Å². The normalized spacial score (nSPS) is 18.4. The molecule has 0 aromatic carbocycles. The van der Waals surface area contributed by atoms with Crippen LogP contribution in [0.2, 0.25) is 0 Å². The van der Waals surface area contributed by atoms with E-state index in [9.17, 15) is 0 Å². The highest BCUT2D eigenvalue weighted by Gasteiger charge is 2.25. The van der Waals surface area contributed by atoms with Gasteiger partial charge in [-0.3, -0.25) is 15.0 Å². The maximum Gasteiger partial charge on any atom is 0.188 e. The first-order valence-electron chi connectivity index (χ1n) is 8.48. The van der Waals surface area contributed by atoms with E-state index in [2.05, 4.69) is 35.4 Å². The summed E-state index contributed by atoms with van der Waals surface area (Å²) in [6.45, 7) is 4.96. The van der Waals surface area contributed by atoms with E-state index in [1.807, 2.05) is 18.4 Å². The van der Waals surface area contributed by atoms with Gasteiger partial charge in [0.15, 0.2) is 10.9 Å². The third kappa shape index (κ3) is 3.85. The Morgan fingerprint density at radius 1 is 1.32 bits per heavy atom. The maximum atomic E-state index is 4.64. The number of nitrogens with zero attached hydrogens (tertiary/aromatic N) is 5. The fraction of sp³-hybridized carbons (Fsp3) is 0.412. The van der Waals surface area contributed by atoms with Gasteiger partial charge in [0.25, 0.3) is 0 Å². The minimum absolute atomic E-state index is 0.369. The third-order valence-corrected chi connectivity index (χ3v) is 5.29. The highest BCUT2D eigenvalue weighted by molar-refractivity contribution is 7.13. The lowest BCUT2D eigenvalue weighted by atomic mass is 9.94. The van der Waals surface area contributed by atoms with Crippen LogP contribution in [0.25, 0.3) is 0 Å². The van der Waals surface area contributed by atoms with Crippen molar-refractivity contribution in [2.24, 2.45) is 0 Å². The van der Waals surface area contributed by atoms with Gasteiger partial charge in [-0.2, -0.15) is 5.10 Å². The molecule has 0 aliphatic carbocycles. The van der Waals surface area contributed by atoms with Crippen molar-refractivity contribution in [3.05, 3.63) is 47.1 Å². The number of hydrogen-bond donors (Lipinski definition) is 2. The summed E-state index contributed by atoms with van der Waals surface area (Å²) in [5.74, 6) is 1.19. The minimum atomic E-state index is 0.369. The molecule has 0 bridgehead atoms. The van der Waals surface area contributed by atoms with Crippen molar-refractivity contribution in [3.63, 3.8) is 0 Å². The highest BCUT2D eigenvalue weighted by Crippen LogP contribution is 2.31. The second kappa shape index (κ2) is 7.28. The zero-order chi connectivity index (χ0) is 17.1. The Morgan fingerprint density at radius 3 is 3.04 bits per heavy atom. The molecular weight excluding hydrogens is 334 g/mol. The number of aromatic nitrogens is 5. The summed E-state index contributed by atoms with van der Waals surface area (Å²) in [5.41, 5.74) is 3.20. The molecule has 3 aromatic heterocycles. The van der Waals surface area contributed by atoms with E-state index < -0.39 is 0 Å². The van der Waals surface area contributed by atoms with Crippen LogP contribution in [0.4, 0.5) is 10.9 Å². The first-order valence-corrected chi connectivity index (χ1v) is 9.36. The molecule has 130 valence electrons. The van der Waals surface area contributed by atoms with E-state index >= 15 is 0 Å². The summed E-state index contributed by atoms with van der Waals surface area (Å²) in [5, 5.41) is 13.3. The summed E-state index contributed by atoms with van der Waals surface area (Å²) in [4.78, 5) is 16.1. The molecule has 0 saturated carbocycles. The highest BCUT2D eigenvalue weighted by atomic mass is 32.1. The average Bonchev–Trinajstić information content (AvgIpc) is 3.27. The van der Waals surface area contributed by atoms with Gasteiger partial charge in [0.05, 0.1) is 11.4 Å². The number of anilines is 2. The van der Waals surface area contributed by atoms with Crippen molar-refractivity contribution in [3.8, 4) is 0 Å². The summed E-state index contributed by atoms with van der Waals surface area (Å²) < 4.78 is 0. The van der Waals surface area contributed by atoms with E-state index in [0.29, 0.717) is 5.92 Å². The van der Waals surface area contributed by atoms with Crippen molar-refractivity contribution in [2.75, 3.05) is 18.4 Å². The molecule has 7 nitrogen and oxygen atoms in total. The standard InChI is InChI=1S/C17H21N7S/c1-12-11-25-17(21-12)22-16-15(18-6-7-19-16)13-3-2-8-24(9-13)10-14-4-5-20-23-14/h4-7,11,13H,2-3,8-10H2,1H3,(H,20,23)(H,19,21,22)/t13-/m1/s1. The van der Waals surface area contributed by atoms with Crippen molar-refractivity contribution in [1.29, 1.82) is 0 Å². The fourth-order valence-corrected chi connectivity index (χ4v) is 3.98. The number of aryl methyl sites for hydroxylation is 1. The van der Waals surface area contributed by atoms with Gasteiger partial charge in [-0.25, -0.2) is 9.97 Å². The van der Waals surface area contributed by atoms with Gasteiger partial charge in [-0.1, -0.05) is 0 Å². The first-order chi connectivity index (χ1) is 12.3. The summed E-state index contributed by atoms with van der Waals surface area (Å²) >= 11 is 1.59. The molecule has 0 amide bonds. The number of rotatable bonds is 5. The second-order valence-electron chi connectivity index (χ2n) is 6.37.